The fourth-order valence-electron chi connectivity index (χ4n) is 2.86. The number of hydrogen-bond donors (Lipinski definition) is 1. The number of nitrogens with one attached hydrogen (secondary N) is 1. The van der Waals surface area contributed by atoms with Crippen LogP contribution in [-0.2, 0) is 10.0 Å². The van der Waals surface area contributed by atoms with Gasteiger partial charge in [-0.15, -0.1) is 0 Å². The van der Waals surface area contributed by atoms with Crippen molar-refractivity contribution in [3.8, 4) is 11.8 Å². The predicted molar refractivity (Wildman–Crippen MR) is 97.0 cm³/mol. The fourth-order valence-corrected chi connectivity index (χ4v) is 4.30. The summed E-state index contributed by atoms with van der Waals surface area (Å²) in [6.07, 6.45) is 5.74. The zero-order valence-electron chi connectivity index (χ0n) is 14.3. The van der Waals surface area contributed by atoms with Crippen molar-refractivity contribution in [3.05, 3.63) is 41.7 Å². The van der Waals surface area contributed by atoms with Gasteiger partial charge in [-0.05, 0) is 37.8 Å². The molecule has 26 heavy (non-hydrogen) atoms. The Bertz CT molecular complexity index is 837. The third-order valence-electron chi connectivity index (χ3n) is 4.22. The van der Waals surface area contributed by atoms with Gasteiger partial charge in [0.2, 0.25) is 10.0 Å². The molecule has 1 fully saturated rings. The lowest BCUT2D eigenvalue weighted by atomic mass is 9.94. The van der Waals surface area contributed by atoms with Gasteiger partial charge in [0.15, 0.2) is 0 Å². The maximum Gasteiger partial charge on any atom is 0.316 e. The summed E-state index contributed by atoms with van der Waals surface area (Å²) in [5.74, 6) is 0.507. The number of methoxy groups -OCH3 is 1. The van der Waals surface area contributed by atoms with Gasteiger partial charge in [0.25, 0.3) is 0 Å². The van der Waals surface area contributed by atoms with E-state index >= 15 is 0 Å². The van der Waals surface area contributed by atoms with Gasteiger partial charge in [0.1, 0.15) is 11.9 Å². The Kier molecular flexibility index (Phi) is 5.95. The average molecular weight is 398 g/mol. The summed E-state index contributed by atoms with van der Waals surface area (Å²) in [5.41, 5.74) is 0. The van der Waals surface area contributed by atoms with E-state index in [9.17, 15) is 8.42 Å². The minimum Gasteiger partial charge on any atom is -0.497 e. The molecule has 1 aliphatic rings. The van der Waals surface area contributed by atoms with Crippen LogP contribution in [0.5, 0.6) is 11.8 Å². The predicted octanol–water partition coefficient (Wildman–Crippen LogP) is 2.81. The lowest BCUT2D eigenvalue weighted by Gasteiger charge is -2.28. The summed E-state index contributed by atoms with van der Waals surface area (Å²) in [6.45, 7) is 0. The molecule has 1 saturated carbocycles. The number of sulfonamides is 1. The van der Waals surface area contributed by atoms with E-state index < -0.39 is 10.0 Å². The van der Waals surface area contributed by atoms with Crippen molar-refractivity contribution in [2.24, 2.45) is 0 Å². The van der Waals surface area contributed by atoms with Crippen LogP contribution in [0.3, 0.4) is 0 Å². The van der Waals surface area contributed by atoms with Crippen molar-refractivity contribution in [2.75, 3.05) is 7.11 Å². The monoisotopic (exact) mass is 397 g/mol. The molecule has 1 aromatic carbocycles. The Morgan fingerprint density at radius 1 is 1.15 bits per heavy atom. The van der Waals surface area contributed by atoms with Crippen LogP contribution in [0.4, 0.5) is 0 Å². The highest BCUT2D eigenvalue weighted by atomic mass is 35.5. The minimum atomic E-state index is -3.58. The van der Waals surface area contributed by atoms with Crippen molar-refractivity contribution in [1.29, 1.82) is 0 Å². The molecule has 0 spiro atoms. The lowest BCUT2D eigenvalue weighted by Crippen LogP contribution is -2.39. The van der Waals surface area contributed by atoms with Gasteiger partial charge in [-0.1, -0.05) is 17.7 Å². The van der Waals surface area contributed by atoms with E-state index in [2.05, 4.69) is 14.7 Å². The second-order valence-corrected chi connectivity index (χ2v) is 8.23. The first-order valence-electron chi connectivity index (χ1n) is 8.27. The Balaban J connectivity index is 1.55. The molecule has 1 aromatic heterocycles. The largest absolute Gasteiger partial charge is 0.497 e. The summed E-state index contributed by atoms with van der Waals surface area (Å²) in [5, 5.41) is 0.452. The summed E-state index contributed by atoms with van der Waals surface area (Å²) in [4.78, 5) is 8.24. The van der Waals surface area contributed by atoms with Gasteiger partial charge < -0.3 is 9.47 Å². The summed E-state index contributed by atoms with van der Waals surface area (Å²) in [7, 11) is -2.08. The van der Waals surface area contributed by atoms with E-state index in [0.717, 1.165) is 12.8 Å². The van der Waals surface area contributed by atoms with Crippen molar-refractivity contribution < 1.29 is 17.9 Å². The number of hydrogen-bond acceptors (Lipinski definition) is 6. The normalized spacial score (nSPS) is 20.5. The van der Waals surface area contributed by atoms with Gasteiger partial charge in [-0.25, -0.2) is 23.1 Å². The van der Waals surface area contributed by atoms with E-state index in [4.69, 9.17) is 21.1 Å². The highest BCUT2D eigenvalue weighted by molar-refractivity contribution is 7.89. The van der Waals surface area contributed by atoms with Gasteiger partial charge in [0, 0.05) is 12.1 Å². The molecule has 0 saturated heterocycles. The van der Waals surface area contributed by atoms with Crippen LogP contribution in [0.25, 0.3) is 0 Å². The Morgan fingerprint density at radius 3 is 2.50 bits per heavy atom. The van der Waals surface area contributed by atoms with Crippen molar-refractivity contribution >= 4 is 21.6 Å². The molecule has 1 N–H and O–H groups in total. The standard InChI is InChI=1S/C17H20ClN3O4S/c1-24-15-3-2-4-16(9-15)26(22,23)21-13-5-7-14(8-6-13)25-17-19-10-12(18)11-20-17/h2-4,9-11,13-14,21H,5-8H2,1H3. The van der Waals surface area contributed by atoms with Gasteiger partial charge in [0.05, 0.1) is 29.4 Å². The van der Waals surface area contributed by atoms with Crippen LogP contribution in [0.2, 0.25) is 5.02 Å². The first kappa shape index (κ1) is 18.9. The molecule has 9 heteroatoms. The molecule has 3 rings (SSSR count). The zero-order valence-corrected chi connectivity index (χ0v) is 15.8. The highest BCUT2D eigenvalue weighted by Gasteiger charge is 2.27. The molecule has 0 bridgehead atoms. The van der Waals surface area contributed by atoms with E-state index in [1.54, 1.807) is 18.2 Å². The van der Waals surface area contributed by atoms with E-state index in [1.165, 1.54) is 25.6 Å². The van der Waals surface area contributed by atoms with Crippen LogP contribution in [0, 0.1) is 0 Å². The van der Waals surface area contributed by atoms with Crippen LogP contribution < -0.4 is 14.2 Å². The van der Waals surface area contributed by atoms with E-state index in [1.807, 2.05) is 0 Å². The van der Waals surface area contributed by atoms with Crippen molar-refractivity contribution in [2.45, 2.75) is 42.7 Å². The zero-order chi connectivity index (χ0) is 18.6. The topological polar surface area (TPSA) is 90.4 Å². The molecule has 0 radical (unpaired) electrons. The first-order chi connectivity index (χ1) is 12.5. The van der Waals surface area contributed by atoms with Gasteiger partial charge >= 0.3 is 6.01 Å². The number of ether oxygens (including phenoxy) is 2. The summed E-state index contributed by atoms with van der Waals surface area (Å²) < 4.78 is 38.7. The summed E-state index contributed by atoms with van der Waals surface area (Å²) in [6, 6.07) is 6.59. The van der Waals surface area contributed by atoms with Gasteiger partial charge in [-0.3, -0.25) is 0 Å². The Morgan fingerprint density at radius 2 is 1.85 bits per heavy atom. The molecule has 2 aromatic rings. The maximum atomic E-state index is 12.5. The third kappa shape index (κ3) is 4.84. The fraction of sp³-hybridized carbons (Fsp3) is 0.412. The quantitative estimate of drug-likeness (QED) is 0.806. The second kappa shape index (κ2) is 8.20. The smallest absolute Gasteiger partial charge is 0.316 e. The molecular formula is C17H20ClN3O4S. The SMILES string of the molecule is COc1cccc(S(=O)(=O)NC2CCC(Oc3ncc(Cl)cn3)CC2)c1. The molecular weight excluding hydrogens is 378 g/mol. The molecule has 0 atom stereocenters. The molecule has 0 unspecified atom stereocenters. The minimum absolute atomic E-state index is 0.0336. The average Bonchev–Trinajstić information content (AvgIpc) is 2.65. The van der Waals surface area contributed by atoms with Crippen molar-refractivity contribution in [1.82, 2.24) is 14.7 Å². The van der Waals surface area contributed by atoms with Crippen LogP contribution in [0.1, 0.15) is 25.7 Å². The maximum absolute atomic E-state index is 12.5. The summed E-state index contributed by atoms with van der Waals surface area (Å²) >= 11 is 5.75. The number of halogens is 1. The number of aromatic nitrogens is 2. The number of rotatable bonds is 6. The number of benzene rings is 1. The molecule has 0 aliphatic heterocycles. The van der Waals surface area contributed by atoms with Crippen LogP contribution >= 0.6 is 11.6 Å². The molecule has 0 amide bonds. The number of nitrogens with zero attached hydrogens (tertiary/aromatic N) is 2. The van der Waals surface area contributed by atoms with Crippen LogP contribution in [0.15, 0.2) is 41.6 Å². The molecule has 140 valence electrons. The van der Waals surface area contributed by atoms with E-state index in [0.29, 0.717) is 23.6 Å². The lowest BCUT2D eigenvalue weighted by molar-refractivity contribution is 0.132. The van der Waals surface area contributed by atoms with Crippen molar-refractivity contribution in [3.63, 3.8) is 0 Å². The molecule has 1 aliphatic carbocycles. The molecule has 1 heterocycles. The third-order valence-corrected chi connectivity index (χ3v) is 5.93. The van der Waals surface area contributed by atoms with Crippen LogP contribution in [-0.4, -0.2) is 37.6 Å². The first-order valence-corrected chi connectivity index (χ1v) is 10.1. The van der Waals surface area contributed by atoms with Gasteiger partial charge in [-0.2, -0.15) is 0 Å². The molecule has 7 nitrogen and oxygen atoms in total. The second-order valence-electron chi connectivity index (χ2n) is 6.08. The highest BCUT2D eigenvalue weighted by Crippen LogP contribution is 2.24. The Hall–Kier alpha value is -1.90. The Labute approximate surface area is 157 Å². The van der Waals surface area contributed by atoms with E-state index in [-0.39, 0.29) is 23.1 Å².